The van der Waals surface area contributed by atoms with Gasteiger partial charge in [-0.2, -0.15) is 0 Å². The fourth-order valence-corrected chi connectivity index (χ4v) is 5.18. The van der Waals surface area contributed by atoms with E-state index in [0.29, 0.717) is 28.9 Å². The summed E-state index contributed by atoms with van der Waals surface area (Å²) in [5, 5.41) is 9.71. The maximum atomic E-state index is 13.2. The van der Waals surface area contributed by atoms with Crippen molar-refractivity contribution in [2.45, 2.75) is 44.4 Å². The molecule has 2 fully saturated rings. The van der Waals surface area contributed by atoms with E-state index in [4.69, 9.17) is 21.7 Å². The van der Waals surface area contributed by atoms with Gasteiger partial charge in [0.1, 0.15) is 5.92 Å². The summed E-state index contributed by atoms with van der Waals surface area (Å²) in [6.07, 6.45) is 4.65. The molecule has 6 nitrogen and oxygen atoms in total. The van der Waals surface area contributed by atoms with Crippen molar-refractivity contribution in [1.82, 2.24) is 16.0 Å². The fourth-order valence-electron chi connectivity index (χ4n) is 4.37. The molecular weight excluding hydrogens is 502 g/mol. The summed E-state index contributed by atoms with van der Waals surface area (Å²) in [4.78, 5) is 13.2. The molecule has 0 unspecified atom stereocenters. The molecule has 0 radical (unpaired) electrons. The van der Waals surface area contributed by atoms with Crippen LogP contribution >= 0.6 is 28.1 Å². The molecule has 1 amide bonds. The van der Waals surface area contributed by atoms with Crippen LogP contribution in [-0.2, 0) is 11.3 Å². The van der Waals surface area contributed by atoms with Crippen molar-refractivity contribution in [1.29, 1.82) is 0 Å². The molecule has 1 aliphatic heterocycles. The molecular formula is C25H28BrN3O3S. The molecule has 8 heteroatoms. The van der Waals surface area contributed by atoms with E-state index in [-0.39, 0.29) is 12.0 Å². The van der Waals surface area contributed by atoms with Gasteiger partial charge < -0.3 is 25.4 Å². The first kappa shape index (κ1) is 23.6. The largest absolute Gasteiger partial charge is 0.493 e. The van der Waals surface area contributed by atoms with Crippen LogP contribution in [0.4, 0.5) is 0 Å². The normalized spacial score (nSPS) is 20.7. The maximum absolute atomic E-state index is 13.2. The lowest BCUT2D eigenvalue weighted by Crippen LogP contribution is -2.52. The summed E-state index contributed by atoms with van der Waals surface area (Å²) < 4.78 is 12.7. The number of carbonyl (C=O) groups excluding carboxylic acids is 1. The zero-order valence-electron chi connectivity index (χ0n) is 18.5. The molecule has 1 aliphatic carbocycles. The van der Waals surface area contributed by atoms with Gasteiger partial charge in [-0.1, -0.05) is 36.9 Å². The summed E-state index contributed by atoms with van der Waals surface area (Å²) in [6, 6.07) is 13.3. The summed E-state index contributed by atoms with van der Waals surface area (Å²) in [5.74, 6) is 0.594. The number of hydrogen-bond donors (Lipinski definition) is 3. The third-order valence-electron chi connectivity index (χ3n) is 6.06. The van der Waals surface area contributed by atoms with E-state index < -0.39 is 12.0 Å². The number of halogens is 1. The number of ether oxygens (including phenoxy) is 2. The lowest BCUT2D eigenvalue weighted by atomic mass is 9.88. The van der Waals surface area contributed by atoms with Gasteiger partial charge in [0, 0.05) is 12.2 Å². The summed E-state index contributed by atoms with van der Waals surface area (Å²) in [5.41, 5.74) is 2.43. The number of thiocarbonyl (C=S) groups is 1. The fraction of sp³-hybridized carbons (Fsp3) is 0.360. The van der Waals surface area contributed by atoms with Crippen molar-refractivity contribution < 1.29 is 14.3 Å². The predicted octanol–water partition coefficient (Wildman–Crippen LogP) is 4.74. The Kier molecular flexibility index (Phi) is 7.55. The van der Waals surface area contributed by atoms with E-state index in [9.17, 15) is 4.79 Å². The standard InChI is InChI=1S/C25H28BrN3O3S/c1-15-21(24(30)27-14-16-8-4-3-5-9-16)22(29-25(33)28-15)17-12-19(26)23(20(13-17)31-2)32-18-10-6-7-11-18/h3-5,8-9,12-13,18,21-22H,1,6-7,10-11,14H2,2H3,(H,27,30)(H2,28,29,33)/t21-,22-/m0/s1. The van der Waals surface area contributed by atoms with Crippen LogP contribution in [0.5, 0.6) is 11.5 Å². The Morgan fingerprint density at radius 3 is 2.67 bits per heavy atom. The van der Waals surface area contributed by atoms with Crippen molar-refractivity contribution in [3.05, 3.63) is 70.3 Å². The average molecular weight is 530 g/mol. The van der Waals surface area contributed by atoms with Crippen LogP contribution in [0.15, 0.2) is 59.2 Å². The number of benzene rings is 2. The average Bonchev–Trinajstić information content (AvgIpc) is 3.32. The van der Waals surface area contributed by atoms with Crippen molar-refractivity contribution in [2.24, 2.45) is 5.92 Å². The Hall–Kier alpha value is -2.58. The number of methoxy groups -OCH3 is 1. The first-order valence-electron chi connectivity index (χ1n) is 11.1. The second kappa shape index (κ2) is 10.6. The molecule has 1 saturated carbocycles. The van der Waals surface area contributed by atoms with Gasteiger partial charge >= 0.3 is 0 Å². The first-order chi connectivity index (χ1) is 16.0. The van der Waals surface area contributed by atoms with Crippen molar-refractivity contribution >= 4 is 39.2 Å². The Bertz CT molecular complexity index is 1040. The van der Waals surface area contributed by atoms with Crippen molar-refractivity contribution in [2.75, 3.05) is 7.11 Å². The van der Waals surface area contributed by atoms with Crippen LogP contribution in [0.3, 0.4) is 0 Å². The van der Waals surface area contributed by atoms with E-state index in [0.717, 1.165) is 28.4 Å². The van der Waals surface area contributed by atoms with Gasteiger partial charge in [-0.3, -0.25) is 4.79 Å². The van der Waals surface area contributed by atoms with E-state index in [2.05, 4.69) is 38.5 Å². The monoisotopic (exact) mass is 529 g/mol. The van der Waals surface area contributed by atoms with Gasteiger partial charge in [0.05, 0.1) is 23.7 Å². The zero-order valence-corrected chi connectivity index (χ0v) is 20.9. The minimum Gasteiger partial charge on any atom is -0.493 e. The molecule has 1 saturated heterocycles. The van der Waals surface area contributed by atoms with E-state index in [1.165, 1.54) is 12.8 Å². The molecule has 2 aromatic rings. The maximum Gasteiger partial charge on any atom is 0.231 e. The lowest BCUT2D eigenvalue weighted by Gasteiger charge is -2.35. The van der Waals surface area contributed by atoms with Crippen LogP contribution in [0.2, 0.25) is 0 Å². The Morgan fingerprint density at radius 1 is 1.24 bits per heavy atom. The molecule has 2 atom stereocenters. The van der Waals surface area contributed by atoms with Gasteiger partial charge in [-0.25, -0.2) is 0 Å². The molecule has 0 aromatic heterocycles. The summed E-state index contributed by atoms with van der Waals surface area (Å²) in [6.45, 7) is 4.51. The number of hydrogen-bond acceptors (Lipinski definition) is 4. The second-order valence-corrected chi connectivity index (χ2v) is 9.60. The number of carbonyl (C=O) groups is 1. The van der Waals surface area contributed by atoms with Gasteiger partial charge in [0.25, 0.3) is 0 Å². The smallest absolute Gasteiger partial charge is 0.231 e. The number of amides is 1. The van der Waals surface area contributed by atoms with Crippen LogP contribution in [0.25, 0.3) is 0 Å². The van der Waals surface area contributed by atoms with Crippen LogP contribution in [0, 0.1) is 5.92 Å². The third kappa shape index (κ3) is 5.50. The van der Waals surface area contributed by atoms with Gasteiger partial charge in [0.2, 0.25) is 5.91 Å². The molecule has 33 heavy (non-hydrogen) atoms. The first-order valence-corrected chi connectivity index (χ1v) is 12.3. The highest BCUT2D eigenvalue weighted by molar-refractivity contribution is 9.10. The molecule has 0 bridgehead atoms. The Balaban J connectivity index is 1.59. The van der Waals surface area contributed by atoms with Gasteiger partial charge in [-0.15, -0.1) is 0 Å². The minimum atomic E-state index is -0.571. The third-order valence-corrected chi connectivity index (χ3v) is 6.87. The van der Waals surface area contributed by atoms with E-state index >= 15 is 0 Å². The van der Waals surface area contributed by atoms with E-state index in [1.807, 2.05) is 42.5 Å². The molecule has 3 N–H and O–H groups in total. The molecule has 174 valence electrons. The quantitative estimate of drug-likeness (QED) is 0.450. The van der Waals surface area contributed by atoms with Gasteiger partial charge in [0.15, 0.2) is 16.6 Å². The topological polar surface area (TPSA) is 71.6 Å². The zero-order chi connectivity index (χ0) is 23.4. The van der Waals surface area contributed by atoms with Crippen LogP contribution in [0.1, 0.15) is 42.9 Å². The Labute approximate surface area is 208 Å². The SMILES string of the molecule is C=C1NC(=S)N[C@@H](c2cc(Br)c(OC3CCCC3)c(OC)c2)[C@H]1C(=O)NCc1ccccc1. The summed E-state index contributed by atoms with van der Waals surface area (Å²) in [7, 11) is 1.62. The van der Waals surface area contributed by atoms with Gasteiger partial charge in [-0.05, 0) is 77.1 Å². The van der Waals surface area contributed by atoms with Crippen molar-refractivity contribution in [3.8, 4) is 11.5 Å². The highest BCUT2D eigenvalue weighted by Crippen LogP contribution is 2.42. The molecule has 2 aromatic carbocycles. The second-order valence-electron chi connectivity index (χ2n) is 8.34. The molecule has 1 heterocycles. The molecule has 4 rings (SSSR count). The molecule has 2 aliphatic rings. The predicted molar refractivity (Wildman–Crippen MR) is 136 cm³/mol. The summed E-state index contributed by atoms with van der Waals surface area (Å²) >= 11 is 9.03. The van der Waals surface area contributed by atoms with E-state index in [1.54, 1.807) is 7.11 Å². The van der Waals surface area contributed by atoms with Crippen LogP contribution < -0.4 is 25.4 Å². The Morgan fingerprint density at radius 2 is 1.97 bits per heavy atom. The highest BCUT2D eigenvalue weighted by Gasteiger charge is 2.37. The number of rotatable bonds is 7. The highest BCUT2D eigenvalue weighted by atomic mass is 79.9. The minimum absolute atomic E-state index is 0.141. The lowest BCUT2D eigenvalue weighted by molar-refractivity contribution is -0.125. The van der Waals surface area contributed by atoms with Crippen LogP contribution in [-0.4, -0.2) is 24.2 Å². The molecule has 0 spiro atoms. The van der Waals surface area contributed by atoms with Crippen molar-refractivity contribution in [3.63, 3.8) is 0 Å². The number of nitrogens with one attached hydrogen (secondary N) is 3.